The fourth-order valence-corrected chi connectivity index (χ4v) is 2.96. The summed E-state index contributed by atoms with van der Waals surface area (Å²) in [6.07, 6.45) is -0.0659. The van der Waals surface area contributed by atoms with Crippen molar-refractivity contribution in [3.05, 3.63) is 94.5 Å². The number of nitrogens with one attached hydrogen (secondary N) is 1. The number of carbonyl (C=O) groups is 2. The first-order valence-corrected chi connectivity index (χ1v) is 9.55. The molecule has 0 bridgehead atoms. The molecule has 0 aliphatic carbocycles. The van der Waals surface area contributed by atoms with Gasteiger partial charge in [-0.15, -0.1) is 0 Å². The number of hydrogen-bond donors (Lipinski definition) is 1. The summed E-state index contributed by atoms with van der Waals surface area (Å²) >= 11 is 0. The normalized spacial score (nSPS) is 17.8. The Morgan fingerprint density at radius 2 is 1.71 bits per heavy atom. The Hall–Kier alpha value is -3.82. The van der Waals surface area contributed by atoms with Crippen molar-refractivity contribution in [1.82, 2.24) is 9.55 Å². The van der Waals surface area contributed by atoms with Crippen molar-refractivity contribution in [1.29, 1.82) is 0 Å². The predicted molar refractivity (Wildman–Crippen MR) is 109 cm³/mol. The number of anilines is 1. The zero-order valence-electron chi connectivity index (χ0n) is 16.3. The molecule has 2 atom stereocenters. The van der Waals surface area contributed by atoms with E-state index in [1.807, 2.05) is 0 Å². The predicted octanol–water partition coefficient (Wildman–Crippen LogP) is 2.22. The molecule has 1 amide bonds. The number of nitrogens with zero attached hydrogens (tertiary/aromatic N) is 2. The number of esters is 1. The van der Waals surface area contributed by atoms with Crippen LogP contribution in [0.2, 0.25) is 0 Å². The third kappa shape index (κ3) is 5.03. The van der Waals surface area contributed by atoms with E-state index in [0.717, 1.165) is 0 Å². The third-order valence-corrected chi connectivity index (χ3v) is 4.51. The third-order valence-electron chi connectivity index (χ3n) is 4.51. The fraction of sp³-hybridized carbons (Fsp3) is 0.182. The van der Waals surface area contributed by atoms with Crippen molar-refractivity contribution in [2.75, 3.05) is 18.5 Å². The minimum atomic E-state index is -0.804. The van der Waals surface area contributed by atoms with Gasteiger partial charge < -0.3 is 19.5 Å². The number of ether oxygens (including phenoxy) is 3. The van der Waals surface area contributed by atoms with Gasteiger partial charge in [0, 0.05) is 11.8 Å². The van der Waals surface area contributed by atoms with Gasteiger partial charge in [-0.2, -0.15) is 4.98 Å². The molecule has 1 saturated heterocycles. The molecule has 3 aromatic rings. The Labute approximate surface area is 177 Å². The molecule has 158 valence electrons. The molecule has 9 heteroatoms. The zero-order valence-corrected chi connectivity index (χ0v) is 16.3. The van der Waals surface area contributed by atoms with Gasteiger partial charge in [0.05, 0.1) is 12.2 Å². The highest BCUT2D eigenvalue weighted by molar-refractivity contribution is 6.03. The van der Waals surface area contributed by atoms with Crippen molar-refractivity contribution in [3.8, 4) is 0 Å². The SMILES string of the molecule is O=C(Nc1ccn([C@@H]2CO[C@@H](COC(=O)c3ccccc3)O2)c(=O)n1)c1ccccc1. The van der Waals surface area contributed by atoms with Crippen LogP contribution in [0.25, 0.3) is 0 Å². The second kappa shape index (κ2) is 9.33. The highest BCUT2D eigenvalue weighted by atomic mass is 16.7. The Bertz CT molecular complexity index is 1120. The summed E-state index contributed by atoms with van der Waals surface area (Å²) in [6, 6.07) is 18.7. The number of benzene rings is 2. The maximum Gasteiger partial charge on any atom is 0.351 e. The van der Waals surface area contributed by atoms with E-state index in [1.165, 1.54) is 16.8 Å². The summed E-state index contributed by atoms with van der Waals surface area (Å²) in [5.74, 6) is -0.734. The van der Waals surface area contributed by atoms with Crippen LogP contribution >= 0.6 is 0 Å². The summed E-state index contributed by atoms with van der Waals surface area (Å²) in [4.78, 5) is 40.5. The maximum atomic E-state index is 12.4. The van der Waals surface area contributed by atoms with E-state index in [0.29, 0.717) is 11.1 Å². The van der Waals surface area contributed by atoms with Gasteiger partial charge in [0.2, 0.25) is 0 Å². The molecule has 1 fully saturated rings. The van der Waals surface area contributed by atoms with Crippen LogP contribution < -0.4 is 11.0 Å². The van der Waals surface area contributed by atoms with Gasteiger partial charge in [-0.25, -0.2) is 9.59 Å². The molecule has 31 heavy (non-hydrogen) atoms. The van der Waals surface area contributed by atoms with Gasteiger partial charge >= 0.3 is 11.7 Å². The molecule has 0 spiro atoms. The van der Waals surface area contributed by atoms with Crippen molar-refractivity contribution >= 4 is 17.7 Å². The van der Waals surface area contributed by atoms with Crippen LogP contribution in [0.15, 0.2) is 77.7 Å². The van der Waals surface area contributed by atoms with Crippen molar-refractivity contribution in [2.24, 2.45) is 0 Å². The standard InChI is InChI=1S/C22H19N3O6/c26-20(15-7-3-1-4-8-15)23-17-11-12-25(22(28)24-17)18-13-29-19(31-18)14-30-21(27)16-9-5-2-6-10-16/h1-12,18-19H,13-14H2,(H,23,24,26,28)/t18-,19+/m0/s1. The average molecular weight is 421 g/mol. The molecule has 4 rings (SSSR count). The molecule has 2 aromatic carbocycles. The van der Waals surface area contributed by atoms with Crippen molar-refractivity contribution in [2.45, 2.75) is 12.5 Å². The lowest BCUT2D eigenvalue weighted by Crippen LogP contribution is -2.29. The van der Waals surface area contributed by atoms with Crippen LogP contribution in [0.5, 0.6) is 0 Å². The molecule has 1 aromatic heterocycles. The highest BCUT2D eigenvalue weighted by Gasteiger charge is 2.29. The molecule has 9 nitrogen and oxygen atoms in total. The van der Waals surface area contributed by atoms with Crippen LogP contribution in [0.3, 0.4) is 0 Å². The second-order valence-electron chi connectivity index (χ2n) is 6.64. The molecular weight excluding hydrogens is 402 g/mol. The summed E-state index contributed by atoms with van der Waals surface area (Å²) in [5.41, 5.74) is 0.265. The van der Waals surface area contributed by atoms with Gasteiger partial charge in [-0.05, 0) is 30.3 Å². The van der Waals surface area contributed by atoms with Crippen molar-refractivity contribution in [3.63, 3.8) is 0 Å². The molecule has 0 radical (unpaired) electrons. The van der Waals surface area contributed by atoms with E-state index in [1.54, 1.807) is 60.7 Å². The van der Waals surface area contributed by atoms with Crippen LogP contribution in [-0.2, 0) is 14.2 Å². The lowest BCUT2D eigenvalue weighted by Gasteiger charge is -2.14. The van der Waals surface area contributed by atoms with Gasteiger partial charge in [-0.3, -0.25) is 9.36 Å². The van der Waals surface area contributed by atoms with Gasteiger partial charge in [0.15, 0.2) is 12.5 Å². The van der Waals surface area contributed by atoms with Crippen LogP contribution in [0.1, 0.15) is 26.9 Å². The van der Waals surface area contributed by atoms with E-state index >= 15 is 0 Å². The smallest absolute Gasteiger partial charge is 0.351 e. The van der Waals surface area contributed by atoms with Crippen LogP contribution in [0, 0.1) is 0 Å². The Balaban J connectivity index is 1.33. The molecule has 1 N–H and O–H groups in total. The van der Waals surface area contributed by atoms with E-state index in [9.17, 15) is 14.4 Å². The van der Waals surface area contributed by atoms with E-state index in [4.69, 9.17) is 14.2 Å². The summed E-state index contributed by atoms with van der Waals surface area (Å²) < 4.78 is 17.5. The lowest BCUT2D eigenvalue weighted by atomic mass is 10.2. The Kier molecular flexibility index (Phi) is 6.16. The first kappa shape index (κ1) is 20.5. The first-order valence-electron chi connectivity index (χ1n) is 9.55. The fourth-order valence-electron chi connectivity index (χ4n) is 2.96. The summed E-state index contributed by atoms with van der Waals surface area (Å²) in [6.45, 7) is -0.0253. The molecular formula is C22H19N3O6. The van der Waals surface area contributed by atoms with Gasteiger partial charge in [-0.1, -0.05) is 36.4 Å². The average Bonchev–Trinajstić information content (AvgIpc) is 3.27. The molecule has 0 saturated carbocycles. The molecule has 1 aliphatic heterocycles. The molecule has 2 heterocycles. The lowest BCUT2D eigenvalue weighted by molar-refractivity contribution is -0.103. The number of carbonyl (C=O) groups excluding carboxylic acids is 2. The quantitative estimate of drug-likeness (QED) is 0.608. The minimum absolute atomic E-state index is 0.0882. The number of hydrogen-bond acceptors (Lipinski definition) is 7. The van der Waals surface area contributed by atoms with E-state index < -0.39 is 24.2 Å². The van der Waals surface area contributed by atoms with Crippen LogP contribution in [-0.4, -0.2) is 40.9 Å². The summed E-state index contributed by atoms with van der Waals surface area (Å²) in [7, 11) is 0. The minimum Gasteiger partial charge on any atom is -0.457 e. The number of amides is 1. The number of rotatable bonds is 6. The molecule has 0 unspecified atom stereocenters. The maximum absolute atomic E-state index is 12.4. The van der Waals surface area contributed by atoms with Crippen molar-refractivity contribution < 1.29 is 23.8 Å². The molecule has 1 aliphatic rings. The van der Waals surface area contributed by atoms with Gasteiger partial charge in [0.25, 0.3) is 5.91 Å². The first-order chi connectivity index (χ1) is 15.1. The highest BCUT2D eigenvalue weighted by Crippen LogP contribution is 2.20. The van der Waals surface area contributed by atoms with Crippen LogP contribution in [0.4, 0.5) is 5.82 Å². The second-order valence-corrected chi connectivity index (χ2v) is 6.64. The zero-order chi connectivity index (χ0) is 21.6. The van der Waals surface area contributed by atoms with Gasteiger partial charge in [0.1, 0.15) is 12.4 Å². The topological polar surface area (TPSA) is 109 Å². The summed E-state index contributed by atoms with van der Waals surface area (Å²) in [5, 5.41) is 2.58. The Morgan fingerprint density at radius 1 is 1.03 bits per heavy atom. The monoisotopic (exact) mass is 421 g/mol. The Morgan fingerprint density at radius 3 is 2.39 bits per heavy atom. The number of aromatic nitrogens is 2. The van der Waals surface area contributed by atoms with E-state index in [-0.39, 0.29) is 24.9 Å². The largest absolute Gasteiger partial charge is 0.457 e. The van der Waals surface area contributed by atoms with E-state index in [2.05, 4.69) is 10.3 Å².